The molecule has 0 bridgehead atoms. The lowest BCUT2D eigenvalue weighted by Gasteiger charge is -2.50. The zero-order valence-electron chi connectivity index (χ0n) is 48.2. The van der Waals surface area contributed by atoms with Gasteiger partial charge in [0.25, 0.3) is 0 Å². The maximum absolute atomic E-state index is 13.3. The molecule has 0 aromatic rings. The first-order valence-electron chi connectivity index (χ1n) is 25.1. The molecule has 55 nitrogen and oxygen atoms in total. The second-order valence-electron chi connectivity index (χ2n) is 19.4. The minimum absolute atomic E-state index is 0.403. The molecule has 0 unspecified atom stereocenters. The highest BCUT2D eigenvalue weighted by Gasteiger charge is 2.63. The number of rotatable bonds is 35. The fourth-order valence-corrected chi connectivity index (χ4v) is 13.5. The van der Waals surface area contributed by atoms with Gasteiger partial charge in [0.15, 0.2) is 68.1 Å². The quantitative estimate of drug-likeness (QED) is 0.0262. The summed E-state index contributed by atoms with van der Waals surface area (Å²) in [5.74, 6) is -4.86. The molecule has 0 aromatic heterocycles. The lowest BCUT2D eigenvalue weighted by atomic mass is 9.95. The van der Waals surface area contributed by atoms with Crippen molar-refractivity contribution in [3.63, 3.8) is 0 Å². The Labute approximate surface area is 550 Å². The van der Waals surface area contributed by atoms with Crippen molar-refractivity contribution >= 4 is 106 Å². The first-order chi connectivity index (χ1) is 44.5. The van der Waals surface area contributed by atoms with Crippen LogP contribution in [0.25, 0.3) is 0 Å². The summed E-state index contributed by atoms with van der Waals surface area (Å²) in [6.45, 7) is -5.19. The van der Waals surface area contributed by atoms with Gasteiger partial charge in [-0.3, -0.25) is 41.0 Å². The summed E-state index contributed by atoms with van der Waals surface area (Å²) < 4.78 is 416. The molecule has 0 spiro atoms. The number of aliphatic carboxylic acids is 2. The summed E-state index contributed by atoms with van der Waals surface area (Å²) in [5, 5.41) is 43.8. The number of carbonyl (C=O) groups is 2. The molecule has 576 valence electrons. The van der Waals surface area contributed by atoms with E-state index >= 15 is 0 Å². The molecule has 0 radical (unpaired) electrons. The monoisotopic (exact) mass is 1630 g/mol. The second kappa shape index (κ2) is 33.1. The molecule has 64 heteroatoms. The Bertz CT molecular complexity index is 3810. The van der Waals surface area contributed by atoms with Crippen molar-refractivity contribution in [3.8, 4) is 0 Å². The highest BCUT2D eigenvalue weighted by molar-refractivity contribution is 7.82. The second-order valence-corrected chi connectivity index (χ2v) is 29.0. The third-order valence-corrected chi connectivity index (χ3v) is 17.1. The normalized spacial score (nSPS) is 36.9. The minimum atomic E-state index is -6.41. The molecule has 0 saturated carbocycles. The topological polar surface area (TPSA) is 807 Å². The summed E-state index contributed by atoms with van der Waals surface area (Å²) in [5.41, 5.74) is 0. The number of hydrogen-bond donors (Lipinski definition) is 13. The molecule has 98 heavy (non-hydrogen) atoms. The van der Waals surface area contributed by atoms with E-state index in [1.165, 1.54) is 0 Å². The van der Waals surface area contributed by atoms with Crippen LogP contribution in [0.3, 0.4) is 0 Å². The van der Waals surface area contributed by atoms with E-state index in [4.69, 9.17) is 66.1 Å². The van der Waals surface area contributed by atoms with Gasteiger partial charge in [0.1, 0.15) is 85.5 Å². The van der Waals surface area contributed by atoms with Crippen LogP contribution in [-0.2, 0) is 202 Å². The van der Waals surface area contributed by atoms with Crippen LogP contribution in [0.2, 0.25) is 0 Å². The van der Waals surface area contributed by atoms with E-state index in [9.17, 15) is 142 Å². The maximum atomic E-state index is 13.3. The molecule has 5 saturated heterocycles. The molecular weight excluding hydrogens is 1580 g/mol. The van der Waals surface area contributed by atoms with Crippen molar-refractivity contribution in [3.05, 3.63) is 0 Å². The van der Waals surface area contributed by atoms with E-state index in [1.54, 1.807) is 0 Å². The van der Waals surface area contributed by atoms with E-state index in [-0.39, 0.29) is 0 Å². The average molecular weight is 1630 g/mol. The Kier molecular flexibility index (Phi) is 29.0. The molecule has 5 rings (SSSR count). The smallest absolute Gasteiger partial charge is 0.397 e. The minimum Gasteiger partial charge on any atom is -0.479 e. The zero-order chi connectivity index (χ0) is 74.8. The first kappa shape index (κ1) is 85.8. The van der Waals surface area contributed by atoms with Crippen LogP contribution in [0, 0.1) is 0 Å². The highest BCUT2D eigenvalue weighted by Crippen LogP contribution is 2.41. The summed E-state index contributed by atoms with van der Waals surface area (Å²) in [6, 6.07) is 0. The third-order valence-electron chi connectivity index (χ3n) is 13.1. The molecule has 5 heterocycles. The summed E-state index contributed by atoms with van der Waals surface area (Å²) in [7, 11) is -51.7. The van der Waals surface area contributed by atoms with Crippen LogP contribution in [0.1, 0.15) is 0 Å². The Balaban J connectivity index is 1.67. The number of aliphatic hydroxyl groups is 2. The Hall–Kier alpha value is -2.83. The standard InChI is InChI=1S/C34H56O55S9/c1-68-15-11(35)8(5-72-90(41,42)43)75-32(24(15)86-95(56,57)58)80-18-16(69-2)12(36)30(82-22(18)28(37)38)78-13-10(7-74-92(47,48)49)77-33(27(89-98(65,66)67)21(13)85-94(53,54)55)81-19-17(70-3)25(87-96(59,60)61)34(83-23(19)29(39)40)79-14-9(6-73-91(44,45)46)76-31(71-4)26(88-97(62,63)64)20(14)84-93(50,51)52/h8-27,30-36H,5-7H2,1-4H3,(H,37,38)(H,39,40)(H,41,42,43)(H,44,45,46)(H,47,48,49)(H,50,51,52)(H,53,54,55)(H,56,57,58)(H,59,60,61)(H,62,63,64)(H,65,66,67)/t8-,9-,10-,11-,12-,13-,14-,15+,16-,17+,18+,19+,20+,21+,22+,23-,24-,25-,26-,27-,30-,31+,32-,33-,34-/m1/s1. The largest absolute Gasteiger partial charge is 0.479 e. The zero-order valence-corrected chi connectivity index (χ0v) is 55.5. The predicted octanol–water partition coefficient (Wildman–Crippen LogP) is -10.7. The molecular formula is C34H56O55S9. The van der Waals surface area contributed by atoms with Gasteiger partial charge >= 0.3 is 106 Å². The molecule has 5 fully saturated rings. The Morgan fingerprint density at radius 2 is 0.541 bits per heavy atom. The average Bonchev–Trinajstić information content (AvgIpc) is 0.760. The van der Waals surface area contributed by atoms with Crippen LogP contribution in [0.5, 0.6) is 0 Å². The van der Waals surface area contributed by atoms with E-state index in [0.29, 0.717) is 28.4 Å². The number of carboxylic acids is 2. The number of hydrogen-bond acceptors (Lipinski definition) is 44. The molecule has 0 aromatic carbocycles. The Morgan fingerprint density at radius 1 is 0.286 bits per heavy atom. The van der Waals surface area contributed by atoms with Crippen molar-refractivity contribution in [2.24, 2.45) is 0 Å². The maximum Gasteiger partial charge on any atom is 0.397 e. The highest BCUT2D eigenvalue weighted by atomic mass is 32.3. The van der Waals surface area contributed by atoms with Crippen LogP contribution in [0.15, 0.2) is 0 Å². The van der Waals surface area contributed by atoms with Crippen LogP contribution in [0.4, 0.5) is 0 Å². The summed E-state index contributed by atoms with van der Waals surface area (Å²) in [6.07, 6.45) is -71.8. The van der Waals surface area contributed by atoms with Gasteiger partial charge in [0.05, 0.1) is 19.8 Å². The number of carboxylic acid groups (broad SMARTS) is 2. The van der Waals surface area contributed by atoms with Crippen LogP contribution in [-0.4, -0.2) is 351 Å². The Morgan fingerprint density at radius 3 is 0.878 bits per heavy atom. The lowest BCUT2D eigenvalue weighted by Crippen LogP contribution is -2.70. The number of aliphatic hydroxyl groups excluding tert-OH is 2. The van der Waals surface area contributed by atoms with E-state index in [2.05, 4.69) is 37.6 Å². The van der Waals surface area contributed by atoms with Gasteiger partial charge in [-0.1, -0.05) is 0 Å². The first-order valence-corrected chi connectivity index (χ1v) is 37.4. The predicted molar refractivity (Wildman–Crippen MR) is 281 cm³/mol. The van der Waals surface area contributed by atoms with Gasteiger partial charge in [0, 0.05) is 28.4 Å². The van der Waals surface area contributed by atoms with Gasteiger partial charge in [-0.25, -0.2) is 47.2 Å². The van der Waals surface area contributed by atoms with E-state index in [0.717, 1.165) is 0 Å². The van der Waals surface area contributed by atoms with Gasteiger partial charge in [-0.15, -0.1) is 0 Å². The van der Waals surface area contributed by atoms with Crippen LogP contribution < -0.4 is 0 Å². The van der Waals surface area contributed by atoms with Crippen molar-refractivity contribution in [1.82, 2.24) is 0 Å². The summed E-state index contributed by atoms with van der Waals surface area (Å²) >= 11 is 0. The van der Waals surface area contributed by atoms with Crippen molar-refractivity contribution in [2.45, 2.75) is 154 Å². The van der Waals surface area contributed by atoms with Crippen LogP contribution >= 0.6 is 0 Å². The van der Waals surface area contributed by atoms with Gasteiger partial charge < -0.3 is 82.0 Å². The fourth-order valence-electron chi connectivity index (χ4n) is 9.71. The van der Waals surface area contributed by atoms with Gasteiger partial charge in [0.2, 0.25) is 0 Å². The van der Waals surface area contributed by atoms with E-state index in [1.807, 2.05) is 0 Å². The van der Waals surface area contributed by atoms with Gasteiger partial charge in [-0.2, -0.15) is 75.8 Å². The summed E-state index contributed by atoms with van der Waals surface area (Å²) in [4.78, 5) is 26.4. The molecule has 0 amide bonds. The number of ether oxygens (including phenoxy) is 13. The van der Waals surface area contributed by atoms with Crippen molar-refractivity contribution in [1.29, 1.82) is 0 Å². The number of methoxy groups -OCH3 is 4. The third kappa shape index (κ3) is 25.2. The fraction of sp³-hybridized carbons (Fsp3) is 0.941. The lowest BCUT2D eigenvalue weighted by molar-refractivity contribution is -0.384. The molecule has 25 atom stereocenters. The van der Waals surface area contributed by atoms with Crippen molar-refractivity contribution < 1.29 is 246 Å². The molecule has 13 N–H and O–H groups in total. The SMILES string of the molecule is CO[C@H]1O[C@H](COS(=O)(=O)O)[C@@H](O[C@@H]2O[C@@H](C(=O)O)[C@@H](O[C@H]3O[C@H](COS(=O)(=O)O)[C@@H](O[C@@H]4O[C@H](C(=O)O)[C@@H](O[C@H]5O[C@H](COS(=O)(=O)O)[C@@H](O)[C@H](OC)[C@H]5OS(=O)(=O)O)[C@H](OC)[C@H]4O)[C@H](OS(=O)(=O)O)[C@H]3OS(=O)(=O)O)[C@H](OC)[C@H]2OS(=O)(=O)O)[C@H](OS(=O)(=O)O)[C@H]1OS(=O)(=O)O. The van der Waals surface area contributed by atoms with E-state index < -0.39 is 279 Å². The van der Waals surface area contributed by atoms with Gasteiger partial charge in [-0.05, 0) is 0 Å². The molecule has 5 aliphatic heterocycles. The molecule has 0 aliphatic carbocycles. The van der Waals surface area contributed by atoms with Crippen molar-refractivity contribution in [2.75, 3.05) is 48.3 Å². The molecule has 5 aliphatic rings.